The Kier molecular flexibility index (Phi) is 5.64. The van der Waals surface area contributed by atoms with E-state index >= 15 is 0 Å². The van der Waals surface area contributed by atoms with Gasteiger partial charge in [-0.3, -0.25) is 0 Å². The zero-order valence-electron chi connectivity index (χ0n) is 11.8. The second-order valence-corrected chi connectivity index (χ2v) is 7.35. The van der Waals surface area contributed by atoms with Gasteiger partial charge in [0.15, 0.2) is 0 Å². The average molecular weight is 316 g/mol. The predicted octanol–water partition coefficient (Wildman–Crippen LogP) is 1.17. The molecular formula is C13H20N2O3S2. The molecule has 0 spiro atoms. The van der Waals surface area contributed by atoms with Crippen molar-refractivity contribution in [2.75, 3.05) is 13.7 Å². The molecule has 0 bridgehead atoms. The third-order valence-corrected chi connectivity index (χ3v) is 4.40. The fourth-order valence-corrected chi connectivity index (χ4v) is 2.83. The topological polar surface area (TPSA) is 81.4 Å². The fourth-order valence-electron chi connectivity index (χ4n) is 1.39. The summed E-state index contributed by atoms with van der Waals surface area (Å²) in [6.45, 7) is 3.84. The van der Waals surface area contributed by atoms with Gasteiger partial charge >= 0.3 is 0 Å². The minimum atomic E-state index is -3.41. The monoisotopic (exact) mass is 316 g/mol. The van der Waals surface area contributed by atoms with Crippen LogP contribution in [0.15, 0.2) is 24.3 Å². The molecule has 20 heavy (non-hydrogen) atoms. The maximum atomic E-state index is 12.0. The van der Waals surface area contributed by atoms with Gasteiger partial charge in [-0.2, -0.15) is 0 Å². The highest BCUT2D eigenvalue weighted by Crippen LogP contribution is 2.10. The first-order valence-electron chi connectivity index (χ1n) is 6.06. The van der Waals surface area contributed by atoms with Gasteiger partial charge in [-0.15, -0.1) is 0 Å². The molecule has 1 aromatic carbocycles. The highest BCUT2D eigenvalue weighted by molar-refractivity contribution is 7.88. The number of thiocarbonyl (C=S) groups is 1. The first-order chi connectivity index (χ1) is 9.15. The van der Waals surface area contributed by atoms with E-state index in [0.29, 0.717) is 10.6 Å². The van der Waals surface area contributed by atoms with Crippen molar-refractivity contribution in [1.29, 1.82) is 0 Å². The molecule has 112 valence electrons. The van der Waals surface area contributed by atoms with Crippen molar-refractivity contribution in [2.24, 2.45) is 5.73 Å². The summed E-state index contributed by atoms with van der Waals surface area (Å²) in [6, 6.07) is 6.84. The number of benzene rings is 1. The lowest BCUT2D eigenvalue weighted by Crippen LogP contribution is -2.40. The number of hydrogen-bond donors (Lipinski definition) is 2. The van der Waals surface area contributed by atoms with Gasteiger partial charge in [0.25, 0.3) is 0 Å². The number of ether oxygens (including phenoxy) is 1. The van der Waals surface area contributed by atoms with E-state index < -0.39 is 15.6 Å². The Morgan fingerprint density at radius 1 is 1.35 bits per heavy atom. The third-order valence-electron chi connectivity index (χ3n) is 2.87. The maximum absolute atomic E-state index is 12.0. The van der Waals surface area contributed by atoms with Crippen LogP contribution in [-0.2, 0) is 20.5 Å². The lowest BCUT2D eigenvalue weighted by Gasteiger charge is -2.23. The standard InChI is InChI=1S/C13H20N2O3S2/c1-13(2,18-3)9-15-20(16,17)8-10-4-6-11(7-5-10)12(14)19/h4-7,15H,8-9H2,1-3H3,(H2,14,19). The quantitative estimate of drug-likeness (QED) is 0.738. The van der Waals surface area contributed by atoms with Crippen LogP contribution in [0.4, 0.5) is 0 Å². The van der Waals surface area contributed by atoms with Crippen molar-refractivity contribution < 1.29 is 13.2 Å². The van der Waals surface area contributed by atoms with E-state index in [1.807, 2.05) is 13.8 Å². The van der Waals surface area contributed by atoms with Crippen molar-refractivity contribution in [1.82, 2.24) is 4.72 Å². The molecule has 0 radical (unpaired) electrons. The van der Waals surface area contributed by atoms with Gasteiger partial charge in [0.05, 0.1) is 11.4 Å². The minimum absolute atomic E-state index is 0.0928. The molecule has 0 amide bonds. The highest BCUT2D eigenvalue weighted by atomic mass is 32.2. The van der Waals surface area contributed by atoms with Crippen molar-refractivity contribution in [3.63, 3.8) is 0 Å². The first kappa shape index (κ1) is 17.0. The molecule has 0 atom stereocenters. The van der Waals surface area contributed by atoms with E-state index in [1.165, 1.54) is 0 Å². The van der Waals surface area contributed by atoms with Crippen LogP contribution in [0.25, 0.3) is 0 Å². The van der Waals surface area contributed by atoms with Crippen LogP contribution < -0.4 is 10.5 Å². The molecule has 0 aliphatic rings. The van der Waals surface area contributed by atoms with E-state index in [4.69, 9.17) is 22.7 Å². The van der Waals surface area contributed by atoms with E-state index in [0.717, 1.165) is 5.56 Å². The van der Waals surface area contributed by atoms with Crippen LogP contribution in [0.5, 0.6) is 0 Å². The van der Waals surface area contributed by atoms with Gasteiger partial charge in [0.1, 0.15) is 4.99 Å². The summed E-state index contributed by atoms with van der Waals surface area (Å²) < 4.78 is 31.6. The van der Waals surface area contributed by atoms with Crippen LogP contribution in [0.1, 0.15) is 25.0 Å². The third kappa shape index (κ3) is 5.54. The smallest absolute Gasteiger partial charge is 0.215 e. The van der Waals surface area contributed by atoms with Crippen LogP contribution in [0.2, 0.25) is 0 Å². The zero-order valence-corrected chi connectivity index (χ0v) is 13.5. The van der Waals surface area contributed by atoms with Crippen molar-refractivity contribution in [3.05, 3.63) is 35.4 Å². The molecule has 0 unspecified atom stereocenters. The summed E-state index contributed by atoms with van der Waals surface area (Å²) in [7, 11) is -1.86. The molecule has 3 N–H and O–H groups in total. The van der Waals surface area contributed by atoms with Gasteiger partial charge in [0, 0.05) is 19.2 Å². The molecule has 0 saturated carbocycles. The molecule has 0 aromatic heterocycles. The van der Waals surface area contributed by atoms with E-state index in [9.17, 15) is 8.42 Å². The molecule has 0 heterocycles. The molecule has 1 rings (SSSR count). The maximum Gasteiger partial charge on any atom is 0.215 e. The van der Waals surface area contributed by atoms with Crippen LogP contribution in [-0.4, -0.2) is 32.7 Å². The molecular weight excluding hydrogens is 296 g/mol. The molecule has 7 heteroatoms. The number of methoxy groups -OCH3 is 1. The number of rotatable bonds is 7. The second kappa shape index (κ2) is 6.62. The summed E-state index contributed by atoms with van der Waals surface area (Å²) in [5.74, 6) is -0.0928. The molecule has 0 aliphatic carbocycles. The number of nitrogens with two attached hydrogens (primary N) is 1. The van der Waals surface area contributed by atoms with Crippen molar-refractivity contribution >= 4 is 27.2 Å². The zero-order chi connectivity index (χ0) is 15.4. The predicted molar refractivity (Wildman–Crippen MR) is 84.0 cm³/mol. The second-order valence-electron chi connectivity index (χ2n) is 5.11. The fraction of sp³-hybridized carbons (Fsp3) is 0.462. The molecule has 1 aromatic rings. The van der Waals surface area contributed by atoms with Gasteiger partial charge in [-0.25, -0.2) is 13.1 Å². The Labute approximate surface area is 125 Å². The van der Waals surface area contributed by atoms with E-state index in [2.05, 4.69) is 4.72 Å². The summed E-state index contributed by atoms with van der Waals surface area (Å²) in [5.41, 5.74) is 6.34. The Hall–Kier alpha value is -1.02. The minimum Gasteiger partial charge on any atom is -0.389 e. The first-order valence-corrected chi connectivity index (χ1v) is 8.12. The average Bonchev–Trinajstić information content (AvgIpc) is 2.37. The van der Waals surface area contributed by atoms with Gasteiger partial charge in [-0.1, -0.05) is 36.5 Å². The summed E-state index contributed by atoms with van der Waals surface area (Å²) >= 11 is 4.84. The van der Waals surface area contributed by atoms with Crippen molar-refractivity contribution in [3.8, 4) is 0 Å². The van der Waals surface area contributed by atoms with Gasteiger partial charge < -0.3 is 10.5 Å². The Bertz CT molecular complexity index is 566. The molecule has 0 aliphatic heterocycles. The lowest BCUT2D eigenvalue weighted by atomic mass is 10.1. The van der Waals surface area contributed by atoms with E-state index in [-0.39, 0.29) is 12.3 Å². The van der Waals surface area contributed by atoms with Crippen LogP contribution >= 0.6 is 12.2 Å². The molecule has 5 nitrogen and oxygen atoms in total. The number of sulfonamides is 1. The number of nitrogens with one attached hydrogen (secondary N) is 1. The Balaban J connectivity index is 2.69. The van der Waals surface area contributed by atoms with Crippen molar-refractivity contribution in [2.45, 2.75) is 25.2 Å². The Morgan fingerprint density at radius 2 is 1.90 bits per heavy atom. The van der Waals surface area contributed by atoms with E-state index in [1.54, 1.807) is 31.4 Å². The lowest BCUT2D eigenvalue weighted by molar-refractivity contribution is 0.0276. The number of hydrogen-bond acceptors (Lipinski definition) is 4. The van der Waals surface area contributed by atoms with Gasteiger partial charge in [0.2, 0.25) is 10.0 Å². The normalized spacial score (nSPS) is 12.3. The van der Waals surface area contributed by atoms with Crippen LogP contribution in [0.3, 0.4) is 0 Å². The van der Waals surface area contributed by atoms with Gasteiger partial charge in [-0.05, 0) is 19.4 Å². The molecule has 0 saturated heterocycles. The summed E-state index contributed by atoms with van der Waals surface area (Å²) in [5, 5.41) is 0. The molecule has 0 fully saturated rings. The SMILES string of the molecule is COC(C)(C)CNS(=O)(=O)Cc1ccc(C(N)=S)cc1. The highest BCUT2D eigenvalue weighted by Gasteiger charge is 2.20. The summed E-state index contributed by atoms with van der Waals surface area (Å²) in [4.78, 5) is 0.291. The largest absolute Gasteiger partial charge is 0.389 e. The summed E-state index contributed by atoms with van der Waals surface area (Å²) in [6.07, 6.45) is 0. The van der Waals surface area contributed by atoms with Crippen LogP contribution in [0, 0.1) is 0 Å². The Morgan fingerprint density at radius 3 is 2.35 bits per heavy atom.